The number of carbonyl (C=O) groups is 1. The molecule has 1 heterocycles. The van der Waals surface area contributed by atoms with Crippen LogP contribution in [0.5, 0.6) is 5.75 Å². The van der Waals surface area contributed by atoms with E-state index in [4.69, 9.17) is 9.47 Å². The van der Waals surface area contributed by atoms with E-state index in [1.54, 1.807) is 12.1 Å². The predicted molar refractivity (Wildman–Crippen MR) is 124 cm³/mol. The van der Waals surface area contributed by atoms with Crippen LogP contribution in [0.2, 0.25) is 0 Å². The average Bonchev–Trinajstić information content (AvgIpc) is 2.82. The molecule has 0 spiro atoms. The summed E-state index contributed by atoms with van der Waals surface area (Å²) >= 11 is 0.540. The van der Waals surface area contributed by atoms with E-state index in [1.807, 2.05) is 6.92 Å². The molecular formula is C25H25F6NO3S. The molecule has 0 saturated carbocycles. The first-order chi connectivity index (χ1) is 16.9. The minimum Gasteiger partial charge on any atom is -0.494 e. The van der Waals surface area contributed by atoms with Crippen molar-refractivity contribution < 1.29 is 40.6 Å². The van der Waals surface area contributed by atoms with Gasteiger partial charge in [-0.15, -0.1) is 0 Å². The first-order valence-electron chi connectivity index (χ1n) is 11.2. The highest BCUT2D eigenvalue weighted by molar-refractivity contribution is 7.99. The second-order valence-corrected chi connectivity index (χ2v) is 9.13. The molecule has 0 aromatic heterocycles. The average molecular weight is 534 g/mol. The molecule has 4 nitrogen and oxygen atoms in total. The van der Waals surface area contributed by atoms with Crippen molar-refractivity contribution in [3.05, 3.63) is 59.7 Å². The van der Waals surface area contributed by atoms with Gasteiger partial charge < -0.3 is 14.4 Å². The molecule has 0 atom stereocenters. The maximum absolute atomic E-state index is 14.1. The Kier molecular flexibility index (Phi) is 8.99. The fourth-order valence-corrected chi connectivity index (χ4v) is 4.69. The third-order valence-corrected chi connectivity index (χ3v) is 6.47. The molecule has 36 heavy (non-hydrogen) atoms. The molecular weight excluding hydrogens is 508 g/mol. The van der Waals surface area contributed by atoms with Gasteiger partial charge in [-0.2, -0.15) is 26.3 Å². The summed E-state index contributed by atoms with van der Waals surface area (Å²) in [5.41, 5.74) is -5.34. The standard InChI is InChI=1S/C25H25F6NO3S/c1-3-4-12-35-17-6-5-7-18(15-17)36-20-9-8-19(16(2)23(33)32-10-13-34-14-11-32)21(24(26,27)28)22(20)25(29,30)31/h5-9,15H,2-4,10-14H2,1H3. The van der Waals surface area contributed by atoms with E-state index in [1.165, 1.54) is 17.0 Å². The Morgan fingerprint density at radius 3 is 2.33 bits per heavy atom. The number of halogens is 6. The van der Waals surface area contributed by atoms with Crippen LogP contribution < -0.4 is 4.74 Å². The van der Waals surface area contributed by atoms with Gasteiger partial charge in [-0.25, -0.2) is 0 Å². The molecule has 0 radical (unpaired) electrons. The van der Waals surface area contributed by atoms with Crippen molar-refractivity contribution in [2.45, 2.75) is 41.9 Å². The lowest BCUT2D eigenvalue weighted by Crippen LogP contribution is -2.41. The minimum absolute atomic E-state index is 0.107. The summed E-state index contributed by atoms with van der Waals surface area (Å²) in [6.45, 7) is 6.38. The number of ether oxygens (including phenoxy) is 2. The van der Waals surface area contributed by atoms with Gasteiger partial charge in [-0.05, 0) is 36.2 Å². The largest absolute Gasteiger partial charge is 0.494 e. The molecule has 1 aliphatic rings. The van der Waals surface area contributed by atoms with Gasteiger partial charge in [-0.1, -0.05) is 43.8 Å². The Hall–Kier alpha value is -2.66. The summed E-state index contributed by atoms with van der Waals surface area (Å²) in [5, 5.41) is 0. The summed E-state index contributed by atoms with van der Waals surface area (Å²) < 4.78 is 95.6. The van der Waals surface area contributed by atoms with Gasteiger partial charge in [0.15, 0.2) is 0 Å². The SMILES string of the molecule is C=C(C(=O)N1CCOCC1)c1ccc(Sc2cccc(OCCCC)c2)c(C(F)(F)F)c1C(F)(F)F. The number of nitrogens with zero attached hydrogens (tertiary/aromatic N) is 1. The lowest BCUT2D eigenvalue weighted by atomic mass is 9.94. The van der Waals surface area contributed by atoms with Gasteiger partial charge in [0.25, 0.3) is 5.91 Å². The molecule has 1 amide bonds. The highest BCUT2D eigenvalue weighted by atomic mass is 32.2. The zero-order chi connectivity index (χ0) is 26.5. The molecule has 196 valence electrons. The van der Waals surface area contributed by atoms with Crippen LogP contribution in [0.3, 0.4) is 0 Å². The minimum atomic E-state index is -5.39. The van der Waals surface area contributed by atoms with Crippen molar-refractivity contribution in [2.24, 2.45) is 0 Å². The molecule has 2 aromatic carbocycles. The maximum Gasteiger partial charge on any atom is 0.418 e. The number of alkyl halides is 6. The molecule has 1 aliphatic heterocycles. The maximum atomic E-state index is 14.1. The van der Waals surface area contributed by atoms with E-state index in [0.717, 1.165) is 25.0 Å². The lowest BCUT2D eigenvalue weighted by Gasteiger charge is -2.29. The Morgan fingerprint density at radius 1 is 1.06 bits per heavy atom. The van der Waals surface area contributed by atoms with E-state index in [0.29, 0.717) is 24.1 Å². The number of rotatable bonds is 8. The molecule has 0 aliphatic carbocycles. The quantitative estimate of drug-likeness (QED) is 0.210. The van der Waals surface area contributed by atoms with Crippen LogP contribution in [-0.2, 0) is 21.9 Å². The summed E-state index contributed by atoms with van der Waals surface area (Å²) in [6, 6.07) is 7.96. The molecule has 1 saturated heterocycles. The van der Waals surface area contributed by atoms with Crippen LogP contribution in [0.1, 0.15) is 36.5 Å². The number of amides is 1. The van der Waals surface area contributed by atoms with Crippen molar-refractivity contribution >= 4 is 23.2 Å². The molecule has 3 rings (SSSR count). The van der Waals surface area contributed by atoms with Crippen molar-refractivity contribution in [1.82, 2.24) is 4.90 Å². The van der Waals surface area contributed by atoms with Crippen LogP contribution in [0, 0.1) is 0 Å². The van der Waals surface area contributed by atoms with Crippen molar-refractivity contribution in [2.75, 3.05) is 32.9 Å². The highest BCUT2D eigenvalue weighted by Gasteiger charge is 2.47. The number of morpholine rings is 1. The molecule has 11 heteroatoms. The number of benzene rings is 2. The molecule has 2 aromatic rings. The molecule has 0 bridgehead atoms. The Morgan fingerprint density at radius 2 is 1.72 bits per heavy atom. The zero-order valence-corrected chi connectivity index (χ0v) is 20.3. The van der Waals surface area contributed by atoms with Crippen molar-refractivity contribution in [3.63, 3.8) is 0 Å². The van der Waals surface area contributed by atoms with E-state index in [9.17, 15) is 31.1 Å². The van der Waals surface area contributed by atoms with E-state index in [-0.39, 0.29) is 31.2 Å². The topological polar surface area (TPSA) is 38.8 Å². The number of hydrogen-bond acceptors (Lipinski definition) is 4. The molecule has 0 N–H and O–H groups in total. The van der Waals surface area contributed by atoms with Gasteiger partial charge in [0.2, 0.25) is 0 Å². The molecule has 0 unspecified atom stereocenters. The summed E-state index contributed by atoms with van der Waals surface area (Å²) in [5.74, 6) is -0.464. The number of hydrogen-bond donors (Lipinski definition) is 0. The second-order valence-electron chi connectivity index (χ2n) is 8.02. The predicted octanol–water partition coefficient (Wildman–Crippen LogP) is 6.93. The number of carbonyl (C=O) groups excluding carboxylic acids is 1. The lowest BCUT2D eigenvalue weighted by molar-refractivity contribution is -0.163. The van der Waals surface area contributed by atoms with Crippen molar-refractivity contribution in [3.8, 4) is 5.75 Å². The van der Waals surface area contributed by atoms with Gasteiger partial charge in [0.1, 0.15) is 5.75 Å². The number of unbranched alkanes of at least 4 members (excludes halogenated alkanes) is 1. The van der Waals surface area contributed by atoms with Crippen LogP contribution >= 0.6 is 11.8 Å². The second kappa shape index (κ2) is 11.6. The van der Waals surface area contributed by atoms with Gasteiger partial charge in [0.05, 0.1) is 30.9 Å². The fraction of sp³-hybridized carbons (Fsp3) is 0.400. The van der Waals surface area contributed by atoms with Gasteiger partial charge in [-0.3, -0.25) is 4.79 Å². The van der Waals surface area contributed by atoms with Crippen LogP contribution in [0.4, 0.5) is 26.3 Å². The Bertz CT molecular complexity index is 1090. The normalized spacial score (nSPS) is 14.6. The highest BCUT2D eigenvalue weighted by Crippen LogP contribution is 2.49. The summed E-state index contributed by atoms with van der Waals surface area (Å²) in [7, 11) is 0. The summed E-state index contributed by atoms with van der Waals surface area (Å²) in [6.07, 6.45) is -9.08. The monoisotopic (exact) mass is 533 g/mol. The smallest absolute Gasteiger partial charge is 0.418 e. The van der Waals surface area contributed by atoms with Crippen molar-refractivity contribution in [1.29, 1.82) is 0 Å². The first-order valence-corrected chi connectivity index (χ1v) is 12.0. The van der Waals surface area contributed by atoms with E-state index < -0.39 is 45.4 Å². The van der Waals surface area contributed by atoms with Gasteiger partial charge in [0, 0.05) is 28.5 Å². The zero-order valence-electron chi connectivity index (χ0n) is 19.5. The van der Waals surface area contributed by atoms with Crippen LogP contribution in [0.25, 0.3) is 5.57 Å². The fourth-order valence-electron chi connectivity index (χ4n) is 3.66. The third kappa shape index (κ3) is 6.76. The Balaban J connectivity index is 2.05. The van der Waals surface area contributed by atoms with Crippen LogP contribution in [0.15, 0.2) is 52.8 Å². The first kappa shape index (κ1) is 27.9. The van der Waals surface area contributed by atoms with E-state index in [2.05, 4.69) is 6.58 Å². The third-order valence-electron chi connectivity index (χ3n) is 5.42. The van der Waals surface area contributed by atoms with Crippen LogP contribution in [-0.4, -0.2) is 43.7 Å². The Labute approximate surface area is 209 Å². The summed E-state index contributed by atoms with van der Waals surface area (Å²) in [4.78, 5) is 13.6. The van der Waals surface area contributed by atoms with Gasteiger partial charge >= 0.3 is 12.4 Å². The molecule has 1 fully saturated rings. The van der Waals surface area contributed by atoms with E-state index >= 15 is 0 Å².